The molecular weight excluding hydrogens is 346 g/mol. The van der Waals surface area contributed by atoms with Crippen molar-refractivity contribution in [2.45, 2.75) is 46.7 Å². The number of anilines is 1. The quantitative estimate of drug-likeness (QED) is 0.489. The van der Waals surface area contributed by atoms with Crippen molar-refractivity contribution >= 4 is 28.9 Å². The molecule has 0 aliphatic heterocycles. The summed E-state index contributed by atoms with van der Waals surface area (Å²) >= 11 is 1.68. The first-order valence-corrected chi connectivity index (χ1v) is 9.74. The summed E-state index contributed by atoms with van der Waals surface area (Å²) in [5.74, 6) is 0.794. The van der Waals surface area contributed by atoms with Crippen LogP contribution in [0.5, 0.6) is 0 Å². The van der Waals surface area contributed by atoms with Crippen LogP contribution in [0.4, 0.5) is 5.69 Å². The third-order valence-electron chi connectivity index (χ3n) is 3.53. The summed E-state index contributed by atoms with van der Waals surface area (Å²) in [6.45, 7) is 8.05. The first kappa shape index (κ1) is 19.9. The van der Waals surface area contributed by atoms with E-state index in [1.165, 1.54) is 4.88 Å². The highest BCUT2D eigenvalue weighted by Crippen LogP contribution is 2.13. The number of hydrogen-bond donors (Lipinski definition) is 3. The SMILES string of the molecule is CCCC(=O)Nc1cccc(CN=C(NCC)NCc2ncc(C)s2)c1. The first-order valence-electron chi connectivity index (χ1n) is 8.93. The van der Waals surface area contributed by atoms with Crippen LogP contribution in [0.25, 0.3) is 0 Å². The van der Waals surface area contributed by atoms with E-state index in [0.717, 1.165) is 35.2 Å². The van der Waals surface area contributed by atoms with Gasteiger partial charge in [0.05, 0.1) is 13.1 Å². The van der Waals surface area contributed by atoms with E-state index in [4.69, 9.17) is 0 Å². The zero-order chi connectivity index (χ0) is 18.8. The number of amides is 1. The molecule has 0 aliphatic carbocycles. The molecular formula is C19H27N5OS. The lowest BCUT2D eigenvalue weighted by molar-refractivity contribution is -0.116. The normalized spacial score (nSPS) is 11.3. The Morgan fingerprint density at radius 2 is 2.12 bits per heavy atom. The third-order valence-corrected chi connectivity index (χ3v) is 4.44. The summed E-state index contributed by atoms with van der Waals surface area (Å²) in [6, 6.07) is 7.80. The van der Waals surface area contributed by atoms with Crippen molar-refractivity contribution in [3.63, 3.8) is 0 Å². The smallest absolute Gasteiger partial charge is 0.224 e. The van der Waals surface area contributed by atoms with Crippen LogP contribution in [0.3, 0.4) is 0 Å². The number of hydrogen-bond acceptors (Lipinski definition) is 4. The maximum atomic E-state index is 11.7. The molecule has 0 saturated carbocycles. The Morgan fingerprint density at radius 1 is 1.27 bits per heavy atom. The van der Waals surface area contributed by atoms with E-state index in [-0.39, 0.29) is 5.91 Å². The van der Waals surface area contributed by atoms with Gasteiger partial charge in [-0.3, -0.25) is 4.79 Å². The maximum absolute atomic E-state index is 11.7. The average molecular weight is 374 g/mol. The monoisotopic (exact) mass is 373 g/mol. The Morgan fingerprint density at radius 3 is 2.81 bits per heavy atom. The van der Waals surface area contributed by atoms with E-state index >= 15 is 0 Å². The van der Waals surface area contributed by atoms with Crippen molar-refractivity contribution in [1.82, 2.24) is 15.6 Å². The second-order valence-corrected chi connectivity index (χ2v) is 7.23. The van der Waals surface area contributed by atoms with Crippen molar-refractivity contribution < 1.29 is 4.79 Å². The molecule has 1 aromatic heterocycles. The minimum Gasteiger partial charge on any atom is -0.357 e. The standard InChI is InChI=1S/C19H27N5OS/c1-4-7-17(25)24-16-9-6-8-15(10-16)12-22-19(20-5-2)23-13-18-21-11-14(3)26-18/h6,8-11H,4-5,7,12-13H2,1-3H3,(H,24,25)(H2,20,22,23). The van der Waals surface area contributed by atoms with Gasteiger partial charge in [0.1, 0.15) is 5.01 Å². The minimum absolute atomic E-state index is 0.0434. The topological polar surface area (TPSA) is 78.4 Å². The highest BCUT2D eigenvalue weighted by molar-refractivity contribution is 7.11. The largest absolute Gasteiger partial charge is 0.357 e. The number of aryl methyl sites for hydroxylation is 1. The Bertz CT molecular complexity index is 741. The van der Waals surface area contributed by atoms with Gasteiger partial charge in [-0.2, -0.15) is 0 Å². The number of aromatic nitrogens is 1. The van der Waals surface area contributed by atoms with Crippen LogP contribution in [0.15, 0.2) is 35.5 Å². The van der Waals surface area contributed by atoms with Crippen LogP contribution in [-0.4, -0.2) is 23.4 Å². The van der Waals surface area contributed by atoms with Crippen LogP contribution in [0.2, 0.25) is 0 Å². The number of rotatable bonds is 8. The van der Waals surface area contributed by atoms with E-state index in [1.807, 2.05) is 51.2 Å². The van der Waals surface area contributed by atoms with Gasteiger partial charge in [0.25, 0.3) is 0 Å². The number of thiazole rings is 1. The van der Waals surface area contributed by atoms with Gasteiger partial charge in [0, 0.05) is 29.7 Å². The van der Waals surface area contributed by atoms with Gasteiger partial charge >= 0.3 is 0 Å². The summed E-state index contributed by atoms with van der Waals surface area (Å²) in [5, 5.41) is 10.5. The first-order chi connectivity index (χ1) is 12.6. The summed E-state index contributed by atoms with van der Waals surface area (Å²) in [6.07, 6.45) is 3.25. The van der Waals surface area contributed by atoms with Gasteiger partial charge in [-0.25, -0.2) is 9.98 Å². The third kappa shape index (κ3) is 6.84. The van der Waals surface area contributed by atoms with Crippen molar-refractivity contribution in [2.75, 3.05) is 11.9 Å². The summed E-state index contributed by atoms with van der Waals surface area (Å²) in [7, 11) is 0. The highest BCUT2D eigenvalue weighted by atomic mass is 32.1. The zero-order valence-electron chi connectivity index (χ0n) is 15.6. The number of aliphatic imine (C=N–C) groups is 1. The van der Waals surface area contributed by atoms with Gasteiger partial charge in [-0.15, -0.1) is 11.3 Å². The molecule has 2 aromatic rings. The second kappa shape index (κ2) is 10.6. The fourth-order valence-electron chi connectivity index (χ4n) is 2.35. The molecule has 1 amide bonds. The molecule has 0 saturated heterocycles. The van der Waals surface area contributed by atoms with Gasteiger partial charge < -0.3 is 16.0 Å². The molecule has 140 valence electrons. The number of guanidine groups is 1. The van der Waals surface area contributed by atoms with Crippen LogP contribution >= 0.6 is 11.3 Å². The fourth-order valence-corrected chi connectivity index (χ4v) is 3.08. The Kier molecular flexibility index (Phi) is 8.08. The zero-order valence-corrected chi connectivity index (χ0v) is 16.4. The molecule has 2 rings (SSSR count). The molecule has 0 bridgehead atoms. The highest BCUT2D eigenvalue weighted by Gasteiger charge is 2.03. The van der Waals surface area contributed by atoms with E-state index in [0.29, 0.717) is 19.5 Å². The molecule has 0 radical (unpaired) electrons. The minimum atomic E-state index is 0.0434. The van der Waals surface area contributed by atoms with Crippen LogP contribution < -0.4 is 16.0 Å². The molecule has 3 N–H and O–H groups in total. The number of benzene rings is 1. The number of nitrogens with zero attached hydrogens (tertiary/aromatic N) is 2. The lowest BCUT2D eigenvalue weighted by atomic mass is 10.2. The van der Waals surface area contributed by atoms with Crippen LogP contribution in [0, 0.1) is 6.92 Å². The van der Waals surface area contributed by atoms with Gasteiger partial charge in [0.2, 0.25) is 5.91 Å². The summed E-state index contributed by atoms with van der Waals surface area (Å²) in [5.41, 5.74) is 1.86. The number of nitrogens with one attached hydrogen (secondary N) is 3. The van der Waals surface area contributed by atoms with Crippen molar-refractivity contribution in [3.8, 4) is 0 Å². The molecule has 0 unspecified atom stereocenters. The Hall–Kier alpha value is -2.41. The predicted molar refractivity (Wildman–Crippen MR) is 108 cm³/mol. The molecule has 0 atom stereocenters. The van der Waals surface area contributed by atoms with E-state index < -0.39 is 0 Å². The van der Waals surface area contributed by atoms with E-state index in [9.17, 15) is 4.79 Å². The van der Waals surface area contributed by atoms with E-state index in [2.05, 4.69) is 25.9 Å². The van der Waals surface area contributed by atoms with E-state index in [1.54, 1.807) is 11.3 Å². The van der Waals surface area contributed by atoms with Gasteiger partial charge in [-0.05, 0) is 38.0 Å². The van der Waals surface area contributed by atoms with Gasteiger partial charge in [0.15, 0.2) is 5.96 Å². The van der Waals surface area contributed by atoms with Gasteiger partial charge in [-0.1, -0.05) is 19.1 Å². The fraction of sp³-hybridized carbons (Fsp3) is 0.421. The average Bonchev–Trinajstić information content (AvgIpc) is 3.03. The lowest BCUT2D eigenvalue weighted by Gasteiger charge is -2.10. The molecule has 7 heteroatoms. The van der Waals surface area contributed by atoms with Crippen molar-refractivity contribution in [2.24, 2.45) is 4.99 Å². The Balaban J connectivity index is 1.96. The molecule has 26 heavy (non-hydrogen) atoms. The van der Waals surface area contributed by atoms with Crippen molar-refractivity contribution in [3.05, 3.63) is 45.9 Å². The molecule has 1 aromatic carbocycles. The molecule has 0 spiro atoms. The lowest BCUT2D eigenvalue weighted by Crippen LogP contribution is -2.36. The van der Waals surface area contributed by atoms with Crippen molar-refractivity contribution in [1.29, 1.82) is 0 Å². The summed E-state index contributed by atoms with van der Waals surface area (Å²) in [4.78, 5) is 21.9. The maximum Gasteiger partial charge on any atom is 0.224 e. The predicted octanol–water partition coefficient (Wildman–Crippen LogP) is 3.45. The van der Waals surface area contributed by atoms with Crippen LogP contribution in [-0.2, 0) is 17.9 Å². The molecule has 0 fully saturated rings. The number of carbonyl (C=O) groups excluding carboxylic acids is 1. The van der Waals surface area contributed by atoms with Crippen LogP contribution in [0.1, 0.15) is 42.1 Å². The second-order valence-electron chi connectivity index (χ2n) is 5.91. The summed E-state index contributed by atoms with van der Waals surface area (Å²) < 4.78 is 0. The number of carbonyl (C=O) groups is 1. The molecule has 0 aliphatic rings. The molecule has 6 nitrogen and oxygen atoms in total. The Labute approximate surface area is 159 Å². The molecule has 1 heterocycles.